The van der Waals surface area contributed by atoms with Gasteiger partial charge in [-0.2, -0.15) is 0 Å². The molecule has 0 aromatic heterocycles. The molecule has 158 valence electrons. The minimum atomic E-state index is -4.00. The molecule has 1 atom stereocenters. The molecule has 0 bridgehead atoms. The molecule has 1 unspecified atom stereocenters. The third-order valence-electron chi connectivity index (χ3n) is 4.82. The average molecular weight is 431 g/mol. The van der Waals surface area contributed by atoms with Gasteiger partial charge in [-0.3, -0.25) is 18.7 Å². The Kier molecular flexibility index (Phi) is 6.06. The number of anilines is 2. The Morgan fingerprint density at radius 1 is 1.10 bits per heavy atom. The summed E-state index contributed by atoms with van der Waals surface area (Å²) < 4.78 is 27.5. The zero-order valence-corrected chi connectivity index (χ0v) is 16.8. The van der Waals surface area contributed by atoms with Gasteiger partial charge in [0.1, 0.15) is 0 Å². The van der Waals surface area contributed by atoms with Crippen molar-refractivity contribution in [3.63, 3.8) is 0 Å². The monoisotopic (exact) mass is 431 g/mol. The average Bonchev–Trinajstić information content (AvgIpc) is 3.11. The van der Waals surface area contributed by atoms with Gasteiger partial charge in [0.25, 0.3) is 10.0 Å². The van der Waals surface area contributed by atoms with Gasteiger partial charge in [-0.05, 0) is 36.4 Å². The van der Waals surface area contributed by atoms with E-state index in [4.69, 9.17) is 10.8 Å². The number of carbonyl (C=O) groups excluding carboxylic acids is 2. The van der Waals surface area contributed by atoms with Gasteiger partial charge >= 0.3 is 5.97 Å². The molecule has 3 N–H and O–H groups in total. The molecule has 9 nitrogen and oxygen atoms in total. The number of nitrogens with two attached hydrogens (primary N) is 1. The number of para-hydroxylation sites is 1. The van der Waals surface area contributed by atoms with E-state index in [1.165, 1.54) is 29.2 Å². The van der Waals surface area contributed by atoms with Crippen molar-refractivity contribution in [1.82, 2.24) is 0 Å². The lowest BCUT2D eigenvalue weighted by Crippen LogP contribution is -2.34. The van der Waals surface area contributed by atoms with Crippen LogP contribution in [0.4, 0.5) is 11.4 Å². The molecule has 0 spiro atoms. The molecule has 10 heteroatoms. The van der Waals surface area contributed by atoms with Gasteiger partial charge < -0.3 is 15.7 Å². The lowest BCUT2D eigenvalue weighted by atomic mass is 10.1. The van der Waals surface area contributed by atoms with Crippen molar-refractivity contribution in [3.8, 4) is 0 Å². The summed E-state index contributed by atoms with van der Waals surface area (Å²) in [5, 5.41) is 9.11. The number of amides is 2. The molecule has 1 saturated heterocycles. The molecule has 2 amide bonds. The van der Waals surface area contributed by atoms with Crippen LogP contribution in [0, 0.1) is 5.92 Å². The zero-order valence-electron chi connectivity index (χ0n) is 16.0. The standard InChI is InChI=1S/C20H21N3O6S/c21-18(24)10-11-23(16-4-2-1-3-5-16)30(28,29)17-8-6-15(7-9-17)22-13-14(20(26)27)12-19(22)25/h1-9,14H,10-13H2,(H2,21,24)(H,26,27). The van der Waals surface area contributed by atoms with E-state index in [2.05, 4.69) is 0 Å². The molecule has 3 rings (SSSR count). The Morgan fingerprint density at radius 3 is 2.27 bits per heavy atom. The van der Waals surface area contributed by atoms with Gasteiger partial charge in [0, 0.05) is 31.6 Å². The summed E-state index contributed by atoms with van der Waals surface area (Å²) in [5.41, 5.74) is 6.01. The molecule has 1 aliphatic rings. The number of sulfonamides is 1. The maximum Gasteiger partial charge on any atom is 0.308 e. The van der Waals surface area contributed by atoms with E-state index in [9.17, 15) is 22.8 Å². The molecule has 0 saturated carbocycles. The SMILES string of the molecule is NC(=O)CCN(c1ccccc1)S(=O)(=O)c1ccc(N2CC(C(=O)O)CC2=O)cc1. The second-order valence-corrected chi connectivity index (χ2v) is 8.73. The highest BCUT2D eigenvalue weighted by molar-refractivity contribution is 7.92. The number of carboxylic acid groups (broad SMARTS) is 1. The number of rotatable bonds is 8. The first-order valence-electron chi connectivity index (χ1n) is 9.19. The second-order valence-electron chi connectivity index (χ2n) is 6.87. The van der Waals surface area contributed by atoms with Crippen LogP contribution in [0.15, 0.2) is 59.5 Å². The Balaban J connectivity index is 1.88. The van der Waals surface area contributed by atoms with E-state index in [1.54, 1.807) is 30.3 Å². The zero-order chi connectivity index (χ0) is 21.9. The lowest BCUT2D eigenvalue weighted by Gasteiger charge is -2.24. The van der Waals surface area contributed by atoms with Crippen LogP contribution in [0.1, 0.15) is 12.8 Å². The number of hydrogen-bond acceptors (Lipinski definition) is 5. The first kappa shape index (κ1) is 21.3. The van der Waals surface area contributed by atoms with Crippen LogP contribution in [-0.4, -0.2) is 44.4 Å². The van der Waals surface area contributed by atoms with Gasteiger partial charge in [-0.1, -0.05) is 18.2 Å². The van der Waals surface area contributed by atoms with Crippen LogP contribution in [0.2, 0.25) is 0 Å². The highest BCUT2D eigenvalue weighted by Crippen LogP contribution is 2.28. The number of benzene rings is 2. The molecular weight excluding hydrogens is 410 g/mol. The summed E-state index contributed by atoms with van der Waals surface area (Å²) in [6.07, 6.45) is -0.241. The van der Waals surface area contributed by atoms with Crippen molar-refractivity contribution in [1.29, 1.82) is 0 Å². The van der Waals surface area contributed by atoms with Crippen LogP contribution in [0.5, 0.6) is 0 Å². The Morgan fingerprint density at radius 2 is 1.73 bits per heavy atom. The third-order valence-corrected chi connectivity index (χ3v) is 6.66. The van der Waals surface area contributed by atoms with E-state index in [-0.39, 0.29) is 36.7 Å². The molecule has 2 aromatic carbocycles. The first-order chi connectivity index (χ1) is 14.2. The van der Waals surface area contributed by atoms with Crippen molar-refractivity contribution in [2.45, 2.75) is 17.7 Å². The van der Waals surface area contributed by atoms with Gasteiger partial charge in [-0.25, -0.2) is 8.42 Å². The van der Waals surface area contributed by atoms with E-state index in [0.717, 1.165) is 4.31 Å². The minimum Gasteiger partial charge on any atom is -0.481 e. The summed E-state index contributed by atoms with van der Waals surface area (Å²) in [6, 6.07) is 14.0. The van der Waals surface area contributed by atoms with E-state index >= 15 is 0 Å². The fourth-order valence-corrected chi connectivity index (χ4v) is 4.71. The van der Waals surface area contributed by atoms with E-state index in [1.807, 2.05) is 0 Å². The lowest BCUT2D eigenvalue weighted by molar-refractivity contribution is -0.141. The number of primary amides is 1. The van der Waals surface area contributed by atoms with Crippen LogP contribution in [-0.2, 0) is 24.4 Å². The smallest absolute Gasteiger partial charge is 0.308 e. The molecule has 2 aromatic rings. The number of carbonyl (C=O) groups is 3. The van der Waals surface area contributed by atoms with Gasteiger partial charge in [-0.15, -0.1) is 0 Å². The maximum absolute atomic E-state index is 13.2. The number of hydrogen-bond donors (Lipinski definition) is 2. The van der Waals surface area contributed by atoms with Crippen LogP contribution < -0.4 is 14.9 Å². The fraction of sp³-hybridized carbons (Fsp3) is 0.250. The topological polar surface area (TPSA) is 138 Å². The van der Waals surface area contributed by atoms with Crippen molar-refractivity contribution < 1.29 is 27.9 Å². The predicted octanol–water partition coefficient (Wildman–Crippen LogP) is 1.19. The van der Waals surface area contributed by atoms with Crippen molar-refractivity contribution >= 4 is 39.2 Å². The second kappa shape index (κ2) is 8.54. The summed E-state index contributed by atoms with van der Waals surface area (Å²) in [5.74, 6) is -2.78. The molecule has 1 aliphatic heterocycles. The molecular formula is C20H21N3O6S. The van der Waals surface area contributed by atoms with Crippen LogP contribution in [0.25, 0.3) is 0 Å². The molecule has 0 radical (unpaired) electrons. The summed E-state index contributed by atoms with van der Waals surface area (Å²) in [6.45, 7) is -0.0800. The van der Waals surface area contributed by atoms with Crippen molar-refractivity contribution in [2.24, 2.45) is 11.7 Å². The molecule has 1 heterocycles. The highest BCUT2D eigenvalue weighted by atomic mass is 32.2. The minimum absolute atomic E-state index is 0.0268. The summed E-state index contributed by atoms with van der Waals surface area (Å²) in [4.78, 5) is 35.8. The van der Waals surface area contributed by atoms with Gasteiger partial charge in [0.2, 0.25) is 11.8 Å². The maximum atomic E-state index is 13.2. The fourth-order valence-electron chi connectivity index (χ4n) is 3.24. The molecule has 0 aliphatic carbocycles. The molecule has 30 heavy (non-hydrogen) atoms. The first-order valence-corrected chi connectivity index (χ1v) is 10.6. The van der Waals surface area contributed by atoms with Crippen LogP contribution in [0.3, 0.4) is 0 Å². The summed E-state index contributed by atoms with van der Waals surface area (Å²) in [7, 11) is -4.00. The normalized spacial score (nSPS) is 16.5. The Bertz CT molecular complexity index is 1050. The quantitative estimate of drug-likeness (QED) is 0.644. The number of aliphatic carboxylic acids is 1. The number of carboxylic acids is 1. The summed E-state index contributed by atoms with van der Waals surface area (Å²) >= 11 is 0. The van der Waals surface area contributed by atoms with E-state index in [0.29, 0.717) is 11.4 Å². The van der Waals surface area contributed by atoms with Crippen molar-refractivity contribution in [3.05, 3.63) is 54.6 Å². The predicted molar refractivity (Wildman–Crippen MR) is 109 cm³/mol. The highest BCUT2D eigenvalue weighted by Gasteiger charge is 2.35. The van der Waals surface area contributed by atoms with Crippen molar-refractivity contribution in [2.75, 3.05) is 22.3 Å². The molecule has 1 fully saturated rings. The van der Waals surface area contributed by atoms with Gasteiger partial charge in [0.05, 0.1) is 16.5 Å². The van der Waals surface area contributed by atoms with Crippen LogP contribution >= 0.6 is 0 Å². The third kappa shape index (κ3) is 4.43. The number of nitrogens with zero attached hydrogens (tertiary/aromatic N) is 2. The largest absolute Gasteiger partial charge is 0.481 e. The van der Waals surface area contributed by atoms with Gasteiger partial charge in [0.15, 0.2) is 0 Å². The Hall–Kier alpha value is -3.40. The van der Waals surface area contributed by atoms with E-state index < -0.39 is 27.8 Å². The Labute approximate surface area is 173 Å².